The molecule has 0 unspecified atom stereocenters. The van der Waals surface area contributed by atoms with Crippen LogP contribution >= 0.6 is 0 Å². The Balaban J connectivity index is 1.07. The van der Waals surface area contributed by atoms with Gasteiger partial charge < -0.3 is 98.1 Å². The van der Waals surface area contributed by atoms with Crippen molar-refractivity contribution in [3.8, 4) is 0 Å². The molecule has 7 aliphatic heterocycles. The molecular formula is C27H40O21. The molecule has 7 rings (SSSR count). The Kier molecular flexibility index (Phi) is 9.77. The molecule has 0 radical (unpaired) electrons. The molecule has 7 fully saturated rings. The van der Waals surface area contributed by atoms with E-state index < -0.39 is 141 Å². The summed E-state index contributed by atoms with van der Waals surface area (Å²) in [6.45, 7) is -0.0390. The van der Waals surface area contributed by atoms with E-state index in [1.54, 1.807) is 0 Å². The number of fused-ring (bicyclic) bond motifs is 5. The molecule has 21 heteroatoms. The minimum absolute atomic E-state index is 0.0230. The predicted octanol–water partition coefficient (Wildman–Crippen LogP) is -6.79. The molecule has 0 spiro atoms. The average molecular weight is 701 g/mol. The van der Waals surface area contributed by atoms with E-state index in [2.05, 4.69) is 0 Å². The van der Waals surface area contributed by atoms with E-state index in [0.717, 1.165) is 6.92 Å². The van der Waals surface area contributed by atoms with Crippen molar-refractivity contribution >= 4 is 5.97 Å². The number of carboxylic acid groups (broad SMARTS) is 1. The second-order valence-electron chi connectivity index (χ2n) is 12.9. The smallest absolute Gasteiger partial charge is 0.364 e. The summed E-state index contributed by atoms with van der Waals surface area (Å²) in [7, 11) is 0. The maximum atomic E-state index is 11.9. The second-order valence-corrected chi connectivity index (χ2v) is 12.9. The minimum atomic E-state index is -2.15. The number of ether oxygens (including phenoxy) is 11. The highest BCUT2D eigenvalue weighted by molar-refractivity contribution is 5.75. The van der Waals surface area contributed by atoms with Crippen molar-refractivity contribution in [1.29, 1.82) is 0 Å². The summed E-state index contributed by atoms with van der Waals surface area (Å²) in [5.74, 6) is -3.61. The first-order chi connectivity index (χ1) is 22.8. The van der Waals surface area contributed by atoms with Gasteiger partial charge in [-0.2, -0.15) is 0 Å². The molecule has 0 aromatic carbocycles. The van der Waals surface area contributed by atoms with Crippen LogP contribution in [0.4, 0.5) is 0 Å². The number of rotatable bonds is 8. The molecule has 9 N–H and O–H groups in total. The molecule has 21 atom stereocenters. The molecule has 21 nitrogen and oxygen atoms in total. The van der Waals surface area contributed by atoms with E-state index in [1.807, 2.05) is 0 Å². The monoisotopic (exact) mass is 700 g/mol. The Morgan fingerprint density at radius 1 is 0.646 bits per heavy atom. The Labute approximate surface area is 271 Å². The van der Waals surface area contributed by atoms with Crippen LogP contribution in [0.3, 0.4) is 0 Å². The van der Waals surface area contributed by atoms with Crippen LogP contribution in [0.2, 0.25) is 0 Å². The molecular weight excluding hydrogens is 660 g/mol. The van der Waals surface area contributed by atoms with Crippen LogP contribution in [-0.4, -0.2) is 207 Å². The minimum Gasteiger partial charge on any atom is -0.477 e. The van der Waals surface area contributed by atoms with Crippen molar-refractivity contribution in [1.82, 2.24) is 0 Å². The van der Waals surface area contributed by atoms with Gasteiger partial charge in [0.15, 0.2) is 25.2 Å². The van der Waals surface area contributed by atoms with Crippen molar-refractivity contribution in [3.63, 3.8) is 0 Å². The van der Waals surface area contributed by atoms with E-state index >= 15 is 0 Å². The van der Waals surface area contributed by atoms with Gasteiger partial charge in [0.2, 0.25) is 0 Å². The fourth-order valence-corrected chi connectivity index (χ4v) is 7.04. The van der Waals surface area contributed by atoms with Gasteiger partial charge in [0.1, 0.15) is 97.7 Å². The normalized spacial score (nSPS) is 56.5. The van der Waals surface area contributed by atoms with E-state index in [9.17, 15) is 50.8 Å². The van der Waals surface area contributed by atoms with E-state index in [-0.39, 0.29) is 19.8 Å². The highest BCUT2D eigenvalue weighted by Gasteiger charge is 2.61. The number of hydrogen-bond acceptors (Lipinski definition) is 20. The Hall–Kier alpha value is -1.29. The summed E-state index contributed by atoms with van der Waals surface area (Å²) in [5.41, 5.74) is 0. The topological polar surface area (TPSA) is 301 Å². The Morgan fingerprint density at radius 3 is 1.94 bits per heavy atom. The summed E-state index contributed by atoms with van der Waals surface area (Å²) < 4.78 is 62.4. The summed E-state index contributed by atoms with van der Waals surface area (Å²) in [6, 6.07) is 0. The van der Waals surface area contributed by atoms with Crippen molar-refractivity contribution in [3.05, 3.63) is 0 Å². The largest absolute Gasteiger partial charge is 0.477 e. The lowest BCUT2D eigenvalue weighted by atomic mass is 9.95. The third-order valence-corrected chi connectivity index (χ3v) is 9.76. The third kappa shape index (κ3) is 5.96. The van der Waals surface area contributed by atoms with E-state index in [0.29, 0.717) is 0 Å². The van der Waals surface area contributed by atoms with Crippen molar-refractivity contribution < 1.29 is 103 Å². The first-order valence-corrected chi connectivity index (χ1v) is 15.5. The zero-order valence-electron chi connectivity index (χ0n) is 25.3. The van der Waals surface area contributed by atoms with Crippen LogP contribution in [0.5, 0.6) is 0 Å². The summed E-state index contributed by atoms with van der Waals surface area (Å²) in [5, 5.41) is 93.8. The summed E-state index contributed by atoms with van der Waals surface area (Å²) in [4.78, 5) is 11.9. The lowest BCUT2D eigenvalue weighted by Crippen LogP contribution is -2.69. The van der Waals surface area contributed by atoms with Crippen LogP contribution < -0.4 is 0 Å². The van der Waals surface area contributed by atoms with Gasteiger partial charge in [0.25, 0.3) is 5.79 Å². The molecule has 0 aliphatic carbocycles. The molecule has 0 saturated carbocycles. The number of carboxylic acids is 1. The molecule has 0 aromatic heterocycles. The quantitative estimate of drug-likeness (QED) is 0.114. The highest BCUT2D eigenvalue weighted by Crippen LogP contribution is 2.41. The lowest BCUT2D eigenvalue weighted by Gasteiger charge is -2.51. The van der Waals surface area contributed by atoms with E-state index in [1.165, 1.54) is 0 Å². The van der Waals surface area contributed by atoms with Crippen LogP contribution in [0.15, 0.2) is 0 Å². The highest BCUT2D eigenvalue weighted by atomic mass is 16.8. The number of aliphatic hydroxyl groups is 8. The molecule has 7 saturated heterocycles. The van der Waals surface area contributed by atoms with E-state index in [4.69, 9.17) is 52.1 Å². The fraction of sp³-hybridized carbons (Fsp3) is 0.963. The SMILES string of the molecule is C[C@@]1(C(=O)O)OC[C@H]2O[C@@H](O[C@H]3[C@H]4OC[C@@H]3O[C@@H](O[C@@H]3[C@@H](O)[C@@H](O)O[C@H](CO)[C@@H]3O)[C@H]4O)[C@H](O)[C@@H](O[C@@H]3O[C@H]4CO[C@@H]([C@@H]3O)[C@@H]4O)[C@H]2O1. The van der Waals surface area contributed by atoms with Crippen molar-refractivity contribution in [2.75, 3.05) is 26.4 Å². The maximum Gasteiger partial charge on any atom is 0.364 e. The number of hydrogen-bond donors (Lipinski definition) is 9. The average Bonchev–Trinajstić information content (AvgIpc) is 3.51. The fourth-order valence-electron chi connectivity index (χ4n) is 7.04. The van der Waals surface area contributed by atoms with Crippen LogP contribution in [-0.2, 0) is 56.9 Å². The molecule has 4 bridgehead atoms. The van der Waals surface area contributed by atoms with Gasteiger partial charge in [-0.3, -0.25) is 0 Å². The molecule has 7 aliphatic rings. The zero-order valence-corrected chi connectivity index (χ0v) is 25.3. The molecule has 0 amide bonds. The van der Waals surface area contributed by atoms with Gasteiger partial charge in [-0.05, 0) is 0 Å². The molecule has 48 heavy (non-hydrogen) atoms. The first-order valence-electron chi connectivity index (χ1n) is 15.5. The van der Waals surface area contributed by atoms with Gasteiger partial charge in [-0.25, -0.2) is 4.79 Å². The Morgan fingerprint density at radius 2 is 1.23 bits per heavy atom. The van der Waals surface area contributed by atoms with Crippen LogP contribution in [0.1, 0.15) is 6.92 Å². The molecule has 7 heterocycles. The molecule has 274 valence electrons. The van der Waals surface area contributed by atoms with Gasteiger partial charge in [0.05, 0.1) is 26.4 Å². The number of aliphatic carboxylic acids is 1. The van der Waals surface area contributed by atoms with Crippen LogP contribution in [0.25, 0.3) is 0 Å². The van der Waals surface area contributed by atoms with Crippen LogP contribution in [0, 0.1) is 0 Å². The predicted molar refractivity (Wildman–Crippen MR) is 141 cm³/mol. The van der Waals surface area contributed by atoms with Gasteiger partial charge in [-0.15, -0.1) is 0 Å². The number of carbonyl (C=O) groups is 1. The van der Waals surface area contributed by atoms with Gasteiger partial charge in [0, 0.05) is 6.92 Å². The Bertz CT molecular complexity index is 1160. The third-order valence-electron chi connectivity index (χ3n) is 9.76. The lowest BCUT2D eigenvalue weighted by molar-refractivity contribution is -0.408. The summed E-state index contributed by atoms with van der Waals surface area (Å²) in [6.07, 6.45) is -27.4. The standard InChI is InChI=1S/C27H40O21/c1-27(26(36)37)40-5-9-17(48-27)21(47-23-13(32)18-11(30)7(42-23)3-38-18)15(34)25(44-9)45-16-8-4-39-20(16)14(33)24(43-8)46-19-10(29)6(2-28)41-22(35)12(19)31/h6-25,28-35H,2-5H2,1H3,(H,36,37)/t6-,7+,8+,9-,10+,11-,12-,13+,14+,15-,16-,17+,18-,19+,20+,21-,22+,23+,24+,25+,27-/m1/s1. The second kappa shape index (κ2) is 13.4. The summed E-state index contributed by atoms with van der Waals surface area (Å²) >= 11 is 0. The molecule has 0 aromatic rings. The van der Waals surface area contributed by atoms with Crippen molar-refractivity contribution in [2.45, 2.75) is 136 Å². The van der Waals surface area contributed by atoms with Crippen molar-refractivity contribution in [2.24, 2.45) is 0 Å². The van der Waals surface area contributed by atoms with Gasteiger partial charge >= 0.3 is 5.97 Å². The van der Waals surface area contributed by atoms with Gasteiger partial charge in [-0.1, -0.05) is 0 Å². The number of aliphatic hydroxyl groups excluding tert-OH is 8. The zero-order chi connectivity index (χ0) is 34.2. The maximum absolute atomic E-state index is 11.9. The first kappa shape index (κ1) is 35.1.